The summed E-state index contributed by atoms with van der Waals surface area (Å²) in [6.07, 6.45) is 2.35. The average Bonchev–Trinajstić information content (AvgIpc) is 2.79. The zero-order valence-electron chi connectivity index (χ0n) is 17.3. The highest BCUT2D eigenvalue weighted by atomic mass is 35.5. The molecule has 0 bridgehead atoms. The molecule has 0 amide bonds. The van der Waals surface area contributed by atoms with Gasteiger partial charge in [-0.05, 0) is 36.8 Å². The zero-order valence-corrected chi connectivity index (χ0v) is 18.1. The second-order valence-corrected chi connectivity index (χ2v) is 7.68. The third kappa shape index (κ3) is 5.33. The van der Waals surface area contributed by atoms with Crippen molar-refractivity contribution in [1.29, 1.82) is 0 Å². The first-order chi connectivity index (χ1) is 15.1. The molecule has 4 rings (SSSR count). The normalized spacial score (nSPS) is 14.5. The van der Waals surface area contributed by atoms with E-state index in [0.717, 1.165) is 50.3 Å². The fourth-order valence-electron chi connectivity index (χ4n) is 3.51. The van der Waals surface area contributed by atoms with E-state index in [-0.39, 0.29) is 5.69 Å². The number of hydrogen-bond acceptors (Lipinski definition) is 7. The first-order valence-corrected chi connectivity index (χ1v) is 10.6. The Labute approximate surface area is 185 Å². The maximum absolute atomic E-state index is 14.2. The zero-order chi connectivity index (χ0) is 21.6. The third-order valence-electron chi connectivity index (χ3n) is 5.17. The number of aromatic nitrogens is 2. The molecule has 164 valence electrons. The summed E-state index contributed by atoms with van der Waals surface area (Å²) in [5.41, 5.74) is 1.79. The van der Waals surface area contributed by atoms with Gasteiger partial charge in [-0.2, -0.15) is 0 Å². The molecule has 2 heterocycles. The lowest BCUT2D eigenvalue weighted by Crippen LogP contribution is -2.37. The predicted octanol–water partition coefficient (Wildman–Crippen LogP) is 4.31. The number of halogens is 2. The second kappa shape index (κ2) is 10.1. The van der Waals surface area contributed by atoms with Gasteiger partial charge in [0.2, 0.25) is 0 Å². The Balaban J connectivity index is 1.52. The van der Waals surface area contributed by atoms with Crippen molar-refractivity contribution in [2.45, 2.75) is 6.42 Å². The van der Waals surface area contributed by atoms with Gasteiger partial charge >= 0.3 is 0 Å². The van der Waals surface area contributed by atoms with Crippen LogP contribution < -0.4 is 15.4 Å². The molecule has 2 N–H and O–H groups in total. The summed E-state index contributed by atoms with van der Waals surface area (Å²) in [5, 5.41) is 7.34. The van der Waals surface area contributed by atoms with Crippen LogP contribution in [0.5, 0.6) is 5.75 Å². The molecule has 7 nitrogen and oxygen atoms in total. The number of hydrogen-bond donors (Lipinski definition) is 2. The molecule has 0 aliphatic carbocycles. The second-order valence-electron chi connectivity index (χ2n) is 7.24. The molecule has 3 aromatic rings. The minimum Gasteiger partial charge on any atom is -0.491 e. The number of morpholine rings is 1. The molecular weight excluding hydrogens is 421 g/mol. The predicted molar refractivity (Wildman–Crippen MR) is 121 cm³/mol. The van der Waals surface area contributed by atoms with E-state index in [4.69, 9.17) is 21.1 Å². The van der Waals surface area contributed by atoms with Crippen molar-refractivity contribution in [3.63, 3.8) is 0 Å². The van der Waals surface area contributed by atoms with Crippen LogP contribution in [0.1, 0.15) is 6.42 Å². The quantitative estimate of drug-likeness (QED) is 0.500. The summed E-state index contributed by atoms with van der Waals surface area (Å²) in [5.74, 6) is 0.760. The van der Waals surface area contributed by atoms with Crippen LogP contribution in [0.2, 0.25) is 5.02 Å². The Morgan fingerprint density at radius 1 is 1.16 bits per heavy atom. The standard InChI is InChI=1S/C22H25ClFN5O2/c1-25-20-13-18-16(12-21(20)31-8-2-5-29-6-9-30-10-7-29)22(27-14-26-18)28-19-11-15(23)3-4-17(19)24/h3-4,11-14,25H,2,5-10H2,1H3,(H,26,27,28). The minimum absolute atomic E-state index is 0.248. The molecule has 0 unspecified atom stereocenters. The van der Waals surface area contributed by atoms with Crippen LogP contribution in [0.3, 0.4) is 0 Å². The molecule has 0 saturated carbocycles. The fraction of sp³-hybridized carbons (Fsp3) is 0.364. The molecule has 1 aliphatic rings. The van der Waals surface area contributed by atoms with E-state index >= 15 is 0 Å². The molecule has 1 saturated heterocycles. The summed E-state index contributed by atoms with van der Waals surface area (Å²) in [6, 6.07) is 8.11. The highest BCUT2D eigenvalue weighted by Gasteiger charge is 2.13. The van der Waals surface area contributed by atoms with Crippen LogP contribution in [-0.4, -0.2) is 61.4 Å². The number of benzene rings is 2. The lowest BCUT2D eigenvalue weighted by atomic mass is 10.2. The largest absolute Gasteiger partial charge is 0.491 e. The van der Waals surface area contributed by atoms with Gasteiger partial charge in [0.1, 0.15) is 23.7 Å². The molecule has 31 heavy (non-hydrogen) atoms. The monoisotopic (exact) mass is 445 g/mol. The van der Waals surface area contributed by atoms with E-state index in [1.165, 1.54) is 24.5 Å². The van der Waals surface area contributed by atoms with Crippen LogP contribution in [-0.2, 0) is 4.74 Å². The van der Waals surface area contributed by atoms with Crippen molar-refractivity contribution in [2.75, 3.05) is 57.1 Å². The smallest absolute Gasteiger partial charge is 0.146 e. The van der Waals surface area contributed by atoms with E-state index in [1.807, 2.05) is 19.2 Å². The molecule has 9 heteroatoms. The summed E-state index contributed by atoms with van der Waals surface area (Å²) >= 11 is 6.02. The van der Waals surface area contributed by atoms with E-state index < -0.39 is 5.82 Å². The molecule has 0 atom stereocenters. The van der Waals surface area contributed by atoms with Gasteiger partial charge in [0, 0.05) is 37.1 Å². The van der Waals surface area contributed by atoms with Gasteiger partial charge in [0.05, 0.1) is 36.7 Å². The van der Waals surface area contributed by atoms with Gasteiger partial charge < -0.3 is 20.1 Å². The summed E-state index contributed by atoms with van der Waals surface area (Å²) < 4.78 is 25.7. The average molecular weight is 446 g/mol. The van der Waals surface area contributed by atoms with Crippen LogP contribution in [0.25, 0.3) is 10.9 Å². The summed E-state index contributed by atoms with van der Waals surface area (Å²) in [7, 11) is 1.84. The summed E-state index contributed by atoms with van der Waals surface area (Å²) in [4.78, 5) is 11.0. The van der Waals surface area contributed by atoms with Gasteiger partial charge in [0.15, 0.2) is 0 Å². The lowest BCUT2D eigenvalue weighted by molar-refractivity contribution is 0.0358. The lowest BCUT2D eigenvalue weighted by Gasteiger charge is -2.26. The van der Waals surface area contributed by atoms with Crippen molar-refractivity contribution in [2.24, 2.45) is 0 Å². The van der Waals surface area contributed by atoms with Gasteiger partial charge in [-0.25, -0.2) is 14.4 Å². The maximum atomic E-state index is 14.2. The first kappa shape index (κ1) is 21.5. The number of ether oxygens (including phenoxy) is 2. The molecule has 2 aromatic carbocycles. The summed E-state index contributed by atoms with van der Waals surface area (Å²) in [6.45, 7) is 5.05. The Hall–Kier alpha value is -2.68. The maximum Gasteiger partial charge on any atom is 0.146 e. The van der Waals surface area contributed by atoms with Crippen LogP contribution in [0.4, 0.5) is 21.6 Å². The third-order valence-corrected chi connectivity index (χ3v) is 5.40. The number of fused-ring (bicyclic) bond motifs is 1. The van der Waals surface area contributed by atoms with Crippen LogP contribution in [0.15, 0.2) is 36.7 Å². The minimum atomic E-state index is -0.414. The number of nitrogens with zero attached hydrogens (tertiary/aromatic N) is 3. The first-order valence-electron chi connectivity index (χ1n) is 10.3. The van der Waals surface area contributed by atoms with Crippen LogP contribution >= 0.6 is 11.6 Å². The van der Waals surface area contributed by atoms with Gasteiger partial charge in [0.25, 0.3) is 0 Å². The molecular formula is C22H25ClFN5O2. The van der Waals surface area contributed by atoms with Crippen molar-refractivity contribution in [3.05, 3.63) is 47.5 Å². The Morgan fingerprint density at radius 3 is 2.81 bits per heavy atom. The van der Waals surface area contributed by atoms with E-state index in [9.17, 15) is 4.39 Å². The molecule has 1 aromatic heterocycles. The van der Waals surface area contributed by atoms with E-state index in [2.05, 4.69) is 25.5 Å². The van der Waals surface area contributed by atoms with E-state index in [1.54, 1.807) is 0 Å². The van der Waals surface area contributed by atoms with Gasteiger partial charge in [-0.1, -0.05) is 11.6 Å². The molecule has 1 fully saturated rings. The fourth-order valence-corrected chi connectivity index (χ4v) is 3.69. The van der Waals surface area contributed by atoms with Crippen molar-refractivity contribution < 1.29 is 13.9 Å². The number of anilines is 3. The SMILES string of the molecule is CNc1cc2ncnc(Nc3cc(Cl)ccc3F)c2cc1OCCCN1CCOCC1. The van der Waals surface area contributed by atoms with Gasteiger partial charge in [-0.3, -0.25) is 4.90 Å². The number of nitrogens with one attached hydrogen (secondary N) is 2. The molecule has 0 spiro atoms. The van der Waals surface area contributed by atoms with Gasteiger partial charge in [-0.15, -0.1) is 0 Å². The van der Waals surface area contributed by atoms with Crippen molar-refractivity contribution >= 4 is 39.7 Å². The number of rotatable bonds is 8. The molecule has 1 aliphatic heterocycles. The van der Waals surface area contributed by atoms with Crippen molar-refractivity contribution in [3.8, 4) is 5.75 Å². The Morgan fingerprint density at radius 2 is 2.00 bits per heavy atom. The van der Waals surface area contributed by atoms with Crippen LogP contribution in [0, 0.1) is 5.82 Å². The van der Waals surface area contributed by atoms with E-state index in [0.29, 0.717) is 28.7 Å². The highest BCUT2D eigenvalue weighted by Crippen LogP contribution is 2.34. The Kier molecular flexibility index (Phi) is 7.01. The highest BCUT2D eigenvalue weighted by molar-refractivity contribution is 6.30. The topological polar surface area (TPSA) is 71.5 Å². The molecule has 0 radical (unpaired) electrons. The van der Waals surface area contributed by atoms with Crippen molar-refractivity contribution in [1.82, 2.24) is 14.9 Å². The Bertz CT molecular complexity index is 1050.